The quantitative estimate of drug-likeness (QED) is 0.799. The van der Waals surface area contributed by atoms with Gasteiger partial charge in [0.15, 0.2) is 0 Å². The minimum Gasteiger partial charge on any atom is -0.444 e. The molecule has 1 atom stereocenters. The van der Waals surface area contributed by atoms with Gasteiger partial charge in [0.05, 0.1) is 12.3 Å². The second-order valence-electron chi connectivity index (χ2n) is 6.37. The summed E-state index contributed by atoms with van der Waals surface area (Å²) in [7, 11) is 1.59. The molecule has 0 fully saturated rings. The number of pyridine rings is 1. The van der Waals surface area contributed by atoms with Crippen molar-refractivity contribution in [2.24, 2.45) is 0 Å². The highest BCUT2D eigenvalue weighted by molar-refractivity contribution is 5.67. The first-order valence-corrected chi connectivity index (χ1v) is 7.64. The molecule has 130 valence electrons. The Morgan fingerprint density at radius 2 is 2.04 bits per heavy atom. The largest absolute Gasteiger partial charge is 0.444 e. The van der Waals surface area contributed by atoms with Gasteiger partial charge in [0.2, 0.25) is 0 Å². The Bertz CT molecular complexity index is 563. The number of hydrogen-bond acceptors (Lipinski definition) is 5. The zero-order valence-corrected chi connectivity index (χ0v) is 14.5. The fourth-order valence-corrected chi connectivity index (χ4v) is 1.87. The topological polar surface area (TPSA) is 81.6 Å². The van der Waals surface area contributed by atoms with Crippen LogP contribution in [0.2, 0.25) is 0 Å². The molecule has 0 bridgehead atoms. The maximum atomic E-state index is 11.7. The first-order chi connectivity index (χ1) is 10.7. The molecular formula is C16H27N3O4. The molecule has 1 aromatic rings. The van der Waals surface area contributed by atoms with Crippen molar-refractivity contribution in [2.45, 2.75) is 45.9 Å². The second-order valence-corrected chi connectivity index (χ2v) is 6.37. The van der Waals surface area contributed by atoms with Crippen LogP contribution in [0.25, 0.3) is 0 Å². The minimum absolute atomic E-state index is 0.0177. The molecule has 0 saturated heterocycles. The lowest BCUT2D eigenvalue weighted by atomic mass is 10.2. The van der Waals surface area contributed by atoms with Crippen LogP contribution in [0.5, 0.6) is 0 Å². The normalized spacial score (nSPS) is 12.6. The zero-order valence-electron chi connectivity index (χ0n) is 14.5. The van der Waals surface area contributed by atoms with Gasteiger partial charge in [-0.1, -0.05) is 0 Å². The minimum atomic E-state index is -0.516. The Kier molecular flexibility index (Phi) is 7.09. The van der Waals surface area contributed by atoms with E-state index >= 15 is 0 Å². The molecule has 2 N–H and O–H groups in total. The number of rotatable bonds is 7. The lowest BCUT2D eigenvalue weighted by molar-refractivity contribution is 0.0526. The van der Waals surface area contributed by atoms with Gasteiger partial charge >= 0.3 is 6.09 Å². The highest BCUT2D eigenvalue weighted by atomic mass is 16.6. The molecule has 7 nitrogen and oxygen atoms in total. The Labute approximate surface area is 137 Å². The summed E-state index contributed by atoms with van der Waals surface area (Å²) in [5.74, 6) is 0. The monoisotopic (exact) mass is 325 g/mol. The maximum absolute atomic E-state index is 11.7. The van der Waals surface area contributed by atoms with Gasteiger partial charge in [0.25, 0.3) is 5.56 Å². The number of methoxy groups -OCH3 is 1. The molecule has 0 aliphatic rings. The van der Waals surface area contributed by atoms with Gasteiger partial charge in [-0.25, -0.2) is 4.79 Å². The van der Waals surface area contributed by atoms with Gasteiger partial charge in [0, 0.05) is 38.5 Å². The van der Waals surface area contributed by atoms with Crippen LogP contribution in [-0.2, 0) is 16.0 Å². The van der Waals surface area contributed by atoms with Gasteiger partial charge < -0.3 is 24.7 Å². The first-order valence-electron chi connectivity index (χ1n) is 7.64. The van der Waals surface area contributed by atoms with Crippen LogP contribution in [-0.4, -0.2) is 42.6 Å². The summed E-state index contributed by atoms with van der Waals surface area (Å²) in [6, 6.07) is 3.21. The molecule has 0 aromatic carbocycles. The summed E-state index contributed by atoms with van der Waals surface area (Å²) in [4.78, 5) is 23.3. The van der Waals surface area contributed by atoms with Crippen LogP contribution in [0.1, 0.15) is 27.7 Å². The summed E-state index contributed by atoms with van der Waals surface area (Å²) < 4.78 is 11.7. The van der Waals surface area contributed by atoms with Crippen LogP contribution >= 0.6 is 0 Å². The van der Waals surface area contributed by atoms with E-state index in [1.807, 2.05) is 27.7 Å². The molecule has 1 rings (SSSR count). The number of anilines is 1. The molecule has 1 aromatic heterocycles. The maximum Gasteiger partial charge on any atom is 0.407 e. The van der Waals surface area contributed by atoms with E-state index in [9.17, 15) is 9.59 Å². The van der Waals surface area contributed by atoms with Crippen molar-refractivity contribution in [1.29, 1.82) is 0 Å². The molecule has 1 heterocycles. The Morgan fingerprint density at radius 3 is 2.65 bits per heavy atom. The van der Waals surface area contributed by atoms with Gasteiger partial charge in [-0.05, 0) is 33.8 Å². The van der Waals surface area contributed by atoms with Crippen LogP contribution in [0.4, 0.5) is 10.5 Å². The average molecular weight is 325 g/mol. The lowest BCUT2D eigenvalue weighted by Gasteiger charge is -2.21. The molecule has 1 amide bonds. The Morgan fingerprint density at radius 1 is 1.35 bits per heavy atom. The number of ether oxygens (including phenoxy) is 2. The molecule has 7 heteroatoms. The van der Waals surface area contributed by atoms with Crippen LogP contribution in [0, 0.1) is 0 Å². The van der Waals surface area contributed by atoms with E-state index in [-0.39, 0.29) is 11.6 Å². The summed E-state index contributed by atoms with van der Waals surface area (Å²) in [5.41, 5.74) is 0.212. The summed E-state index contributed by atoms with van der Waals surface area (Å²) in [6.45, 7) is 8.76. The molecule has 0 aliphatic carbocycles. The van der Waals surface area contributed by atoms with Crippen molar-refractivity contribution in [3.8, 4) is 0 Å². The van der Waals surface area contributed by atoms with E-state index < -0.39 is 11.7 Å². The predicted octanol–water partition coefficient (Wildman–Crippen LogP) is 1.82. The number of alkyl carbamates (subject to hydrolysis) is 1. The third-order valence-corrected chi connectivity index (χ3v) is 2.88. The lowest BCUT2D eigenvalue weighted by Crippen LogP contribution is -2.38. The molecule has 0 spiro atoms. The predicted molar refractivity (Wildman–Crippen MR) is 89.9 cm³/mol. The average Bonchev–Trinajstić information content (AvgIpc) is 2.44. The Hall–Kier alpha value is -2.02. The number of hydrogen-bond donors (Lipinski definition) is 2. The summed E-state index contributed by atoms with van der Waals surface area (Å²) in [6.07, 6.45) is 1.29. The fraction of sp³-hybridized carbons (Fsp3) is 0.625. The molecule has 0 aliphatic heterocycles. The van der Waals surface area contributed by atoms with E-state index in [1.165, 1.54) is 6.07 Å². The van der Waals surface area contributed by atoms with E-state index in [2.05, 4.69) is 10.6 Å². The number of amides is 1. The third-order valence-electron chi connectivity index (χ3n) is 2.88. The Balaban J connectivity index is 2.52. The van der Waals surface area contributed by atoms with E-state index in [1.54, 1.807) is 23.9 Å². The van der Waals surface area contributed by atoms with Gasteiger partial charge in [-0.3, -0.25) is 4.79 Å². The molecule has 1 unspecified atom stereocenters. The fourth-order valence-electron chi connectivity index (χ4n) is 1.87. The van der Waals surface area contributed by atoms with Crippen LogP contribution in [0.15, 0.2) is 23.1 Å². The molecule has 23 heavy (non-hydrogen) atoms. The summed E-state index contributed by atoms with van der Waals surface area (Å²) >= 11 is 0. The van der Waals surface area contributed by atoms with Crippen molar-refractivity contribution in [1.82, 2.24) is 9.88 Å². The second kappa shape index (κ2) is 8.57. The van der Waals surface area contributed by atoms with E-state index in [0.29, 0.717) is 19.7 Å². The van der Waals surface area contributed by atoms with Crippen LogP contribution in [0.3, 0.4) is 0 Å². The number of carbonyl (C=O) groups is 1. The zero-order chi connectivity index (χ0) is 17.5. The van der Waals surface area contributed by atoms with Crippen molar-refractivity contribution in [2.75, 3.05) is 25.6 Å². The summed E-state index contributed by atoms with van der Waals surface area (Å²) in [5, 5.41) is 5.94. The molecular weight excluding hydrogens is 298 g/mol. The van der Waals surface area contributed by atoms with Gasteiger partial charge in [0.1, 0.15) is 5.60 Å². The SMILES string of the molecule is COCCn1cc(NC(C)CNC(=O)OC(C)(C)C)ccc1=O. The van der Waals surface area contributed by atoms with Gasteiger partial charge in [-0.2, -0.15) is 0 Å². The van der Waals surface area contributed by atoms with Gasteiger partial charge in [-0.15, -0.1) is 0 Å². The highest BCUT2D eigenvalue weighted by Crippen LogP contribution is 2.07. The molecule has 0 radical (unpaired) electrons. The standard InChI is InChI=1S/C16H27N3O4/c1-12(10-17-15(21)23-16(2,3)4)18-13-6-7-14(20)19(11-13)8-9-22-5/h6-7,11-12,18H,8-10H2,1-5H3,(H,17,21). The van der Waals surface area contributed by atoms with E-state index in [4.69, 9.17) is 9.47 Å². The number of nitrogens with one attached hydrogen (secondary N) is 2. The number of carbonyl (C=O) groups excluding carboxylic acids is 1. The first kappa shape index (κ1) is 19.0. The third kappa shape index (κ3) is 7.69. The number of aromatic nitrogens is 1. The van der Waals surface area contributed by atoms with E-state index in [0.717, 1.165) is 5.69 Å². The number of nitrogens with zero attached hydrogens (tertiary/aromatic N) is 1. The van der Waals surface area contributed by atoms with Crippen molar-refractivity contribution in [3.63, 3.8) is 0 Å². The van der Waals surface area contributed by atoms with Crippen LogP contribution < -0.4 is 16.2 Å². The van der Waals surface area contributed by atoms with Crippen molar-refractivity contribution in [3.05, 3.63) is 28.7 Å². The molecule has 0 saturated carbocycles. The highest BCUT2D eigenvalue weighted by Gasteiger charge is 2.16. The smallest absolute Gasteiger partial charge is 0.407 e. The van der Waals surface area contributed by atoms with Crippen molar-refractivity contribution >= 4 is 11.8 Å². The van der Waals surface area contributed by atoms with Crippen molar-refractivity contribution < 1.29 is 14.3 Å².